The van der Waals surface area contributed by atoms with Crippen LogP contribution in [0.1, 0.15) is 75.3 Å². The van der Waals surface area contributed by atoms with Crippen molar-refractivity contribution in [1.82, 2.24) is 14.8 Å². The van der Waals surface area contributed by atoms with Crippen molar-refractivity contribution in [3.63, 3.8) is 0 Å². The molecule has 6 aliphatic rings. The number of hydrogen-bond donors (Lipinski definition) is 4. The molecule has 6 heterocycles. The first kappa shape index (κ1) is 44.4. The zero-order chi connectivity index (χ0) is 46.7. The number of aromatic nitrogens is 1. The third-order valence-corrected chi connectivity index (χ3v) is 16.9. The summed E-state index contributed by atoms with van der Waals surface area (Å²) in [6, 6.07) is 16.0. The highest BCUT2D eigenvalue weighted by atomic mass is 16.6. The molecule has 2 unspecified atom stereocenters. The highest BCUT2D eigenvalue weighted by Crippen LogP contribution is 2.68. The van der Waals surface area contributed by atoms with Crippen molar-refractivity contribution in [1.29, 1.82) is 0 Å². The molecule has 1 saturated carbocycles. The molecule has 0 amide bonds. The number of phenolic OH excluding ortho intramolecular Hbond substituents is 1. The van der Waals surface area contributed by atoms with Crippen molar-refractivity contribution in [2.45, 2.75) is 99.5 Å². The predicted octanol–water partition coefficient (Wildman–Crippen LogP) is 5.36. The fraction of sp³-hybridized carbons (Fsp3) is 0.519. The van der Waals surface area contributed by atoms with Gasteiger partial charge in [-0.2, -0.15) is 0 Å². The first-order valence-electron chi connectivity index (χ1n) is 23.4. The number of nitrogens with one attached hydrogen (secondary N) is 1. The van der Waals surface area contributed by atoms with Gasteiger partial charge in [0.1, 0.15) is 16.9 Å². The molecular formula is C52H62N4O10. The number of carbonyl (C=O) groups excluding carboxylic acids is 3. The highest BCUT2D eigenvalue weighted by molar-refractivity contribution is 5.96. The molecule has 3 aromatic carbocycles. The third-order valence-electron chi connectivity index (χ3n) is 16.9. The van der Waals surface area contributed by atoms with Crippen LogP contribution >= 0.6 is 0 Å². The third kappa shape index (κ3) is 5.96. The summed E-state index contributed by atoms with van der Waals surface area (Å²) in [6.45, 7) is 8.39. The van der Waals surface area contributed by atoms with Gasteiger partial charge in [-0.05, 0) is 104 Å². The summed E-state index contributed by atoms with van der Waals surface area (Å²) >= 11 is 0. The zero-order valence-corrected chi connectivity index (χ0v) is 39.0. The number of piperidine rings is 1. The molecular weight excluding hydrogens is 841 g/mol. The summed E-state index contributed by atoms with van der Waals surface area (Å²) in [5.41, 5.74) is -0.452. The van der Waals surface area contributed by atoms with E-state index in [1.54, 1.807) is 19.2 Å². The normalized spacial score (nSPS) is 34.3. The Morgan fingerprint density at radius 1 is 0.894 bits per heavy atom. The molecule has 350 valence electrons. The van der Waals surface area contributed by atoms with Crippen molar-refractivity contribution < 1.29 is 48.7 Å². The van der Waals surface area contributed by atoms with E-state index in [9.17, 15) is 24.9 Å². The number of carbonyl (C=O) groups is 3. The van der Waals surface area contributed by atoms with E-state index in [2.05, 4.69) is 26.9 Å². The second kappa shape index (κ2) is 15.6. The lowest BCUT2D eigenvalue weighted by Crippen LogP contribution is -2.81. The minimum absolute atomic E-state index is 0.156. The van der Waals surface area contributed by atoms with Crippen LogP contribution in [-0.2, 0) is 45.8 Å². The molecule has 4 N–H and O–H groups in total. The number of hydrogen-bond acceptors (Lipinski definition) is 13. The molecule has 3 fully saturated rings. The van der Waals surface area contributed by atoms with Gasteiger partial charge in [-0.1, -0.05) is 44.2 Å². The number of rotatable bonds is 8. The van der Waals surface area contributed by atoms with Gasteiger partial charge in [0.25, 0.3) is 0 Å². The minimum Gasteiger partial charge on any atom is -0.508 e. The van der Waals surface area contributed by atoms with E-state index in [-0.39, 0.29) is 24.1 Å². The first-order chi connectivity index (χ1) is 31.6. The first-order valence-corrected chi connectivity index (χ1v) is 23.4. The Hall–Kier alpha value is -5.41. The number of fused-ring (bicyclic) bond motifs is 6. The number of anilines is 1. The maximum atomic E-state index is 15.6. The fourth-order valence-corrected chi connectivity index (χ4v) is 14.4. The number of likely N-dealkylation sites (N-methyl/N-ethyl adjacent to an activating group) is 1. The predicted molar refractivity (Wildman–Crippen MR) is 248 cm³/mol. The lowest BCUT2D eigenvalue weighted by molar-refractivity contribution is -0.228. The van der Waals surface area contributed by atoms with Crippen molar-refractivity contribution in [2.24, 2.45) is 11.3 Å². The summed E-state index contributed by atoms with van der Waals surface area (Å²) < 4.78 is 24.1. The van der Waals surface area contributed by atoms with Gasteiger partial charge in [-0.15, -0.1) is 0 Å². The van der Waals surface area contributed by atoms with Gasteiger partial charge in [0.2, 0.25) is 5.60 Å². The molecule has 1 aliphatic carbocycles. The second-order valence-electron chi connectivity index (χ2n) is 20.0. The Labute approximate surface area is 385 Å². The second-order valence-corrected chi connectivity index (χ2v) is 20.0. The average molecular weight is 903 g/mol. The number of aromatic hydroxyl groups is 1. The average Bonchev–Trinajstić information content (AvgIpc) is 3.97. The lowest BCUT2D eigenvalue weighted by atomic mass is 9.47. The van der Waals surface area contributed by atoms with Crippen LogP contribution in [0.3, 0.4) is 0 Å². The Kier molecular flexibility index (Phi) is 10.5. The Balaban J connectivity index is 1.28. The maximum absolute atomic E-state index is 15.6. The van der Waals surface area contributed by atoms with E-state index in [0.29, 0.717) is 87.5 Å². The number of aliphatic hydroxyl groups is 2. The molecule has 0 radical (unpaired) electrons. The van der Waals surface area contributed by atoms with E-state index >= 15 is 4.79 Å². The van der Waals surface area contributed by atoms with Gasteiger partial charge in [-0.3, -0.25) is 19.4 Å². The molecule has 66 heavy (non-hydrogen) atoms. The standard InChI is InChI=1S/C52H62N4O10/c1-8-48(61)26-31-27-51(46(59)64-6,42-35(16-20-55(28-31)29-48)36-23-33(14-15-39(36)53-42)32-12-10-13-34(58)22-32)38-24-37-40(25-41(38)63-5)54(4)44-50(37)18-21-56-19-11-17-49(9-2,43(50)56)45(66-30(3)57)52(44,62)47(60)65-7/h10-15,17,22-25,31,43-45,53,58,61-62H,8-9,16,18-21,26-29H2,1-7H3/t31-,43+,44?,45-,48+,49-,50-,51+,52+/m1/s1. The minimum atomic E-state index is -2.34. The van der Waals surface area contributed by atoms with Crippen LogP contribution in [-0.4, -0.2) is 139 Å². The Bertz CT molecular complexity index is 2680. The Morgan fingerprint density at radius 2 is 1.67 bits per heavy atom. The topological polar surface area (TPSA) is 174 Å². The van der Waals surface area contributed by atoms with Crippen LogP contribution < -0.4 is 9.64 Å². The molecule has 5 aliphatic heterocycles. The van der Waals surface area contributed by atoms with Crippen molar-refractivity contribution >= 4 is 34.5 Å². The highest BCUT2D eigenvalue weighted by Gasteiger charge is 2.80. The SMILES string of the molecule is CC[C@]1(O)C[C@H]2CN(CCc3c([nH]c4ccc(-c5cccc(O)c5)cc34)[C@@](C(=O)OC)(c3cc4c(cc3OC)N(C)C3[C@]45CCN4CC=C[C@@](CC)([C@@H](OC(C)=O)[C@]3(O)C(=O)OC)[C@H]45)C2)C1. The van der Waals surface area contributed by atoms with Gasteiger partial charge < -0.3 is 44.2 Å². The quantitative estimate of drug-likeness (QED) is 0.101. The van der Waals surface area contributed by atoms with Gasteiger partial charge in [0.05, 0.1) is 33.0 Å². The summed E-state index contributed by atoms with van der Waals surface area (Å²) in [5.74, 6) is -1.57. The van der Waals surface area contributed by atoms with Gasteiger partial charge in [0.15, 0.2) is 6.10 Å². The van der Waals surface area contributed by atoms with E-state index in [1.165, 1.54) is 21.1 Å². The van der Waals surface area contributed by atoms with E-state index in [4.69, 9.17) is 18.9 Å². The van der Waals surface area contributed by atoms with E-state index < -0.39 is 57.5 Å². The summed E-state index contributed by atoms with van der Waals surface area (Å²) in [5, 5.41) is 37.0. The monoisotopic (exact) mass is 902 g/mol. The molecule has 1 spiro atoms. The number of esters is 3. The van der Waals surface area contributed by atoms with Crippen LogP contribution in [0.2, 0.25) is 0 Å². The largest absolute Gasteiger partial charge is 0.508 e. The van der Waals surface area contributed by atoms with E-state index in [1.807, 2.05) is 68.3 Å². The Morgan fingerprint density at radius 3 is 2.36 bits per heavy atom. The number of phenols is 1. The number of benzene rings is 3. The molecule has 2 bridgehead atoms. The summed E-state index contributed by atoms with van der Waals surface area (Å²) in [4.78, 5) is 53.7. The zero-order valence-electron chi connectivity index (χ0n) is 39.0. The molecule has 14 nitrogen and oxygen atoms in total. The molecule has 1 aromatic heterocycles. The molecule has 14 heteroatoms. The number of aromatic amines is 1. The summed E-state index contributed by atoms with van der Waals surface area (Å²) in [7, 11) is 6.11. The number of H-pyrrole nitrogens is 1. The van der Waals surface area contributed by atoms with Crippen LogP contribution in [0.5, 0.6) is 11.5 Å². The number of nitrogens with zero attached hydrogens (tertiary/aromatic N) is 3. The molecule has 4 aromatic rings. The number of ether oxygens (including phenoxy) is 4. The van der Waals surface area contributed by atoms with Crippen molar-refractivity contribution in [3.8, 4) is 22.6 Å². The van der Waals surface area contributed by atoms with Crippen LogP contribution in [0, 0.1) is 11.3 Å². The van der Waals surface area contributed by atoms with Crippen LogP contribution in [0.25, 0.3) is 22.0 Å². The van der Waals surface area contributed by atoms with Gasteiger partial charge in [0, 0.05) is 90.9 Å². The summed E-state index contributed by atoms with van der Waals surface area (Å²) in [6.07, 6.45) is 5.63. The molecule has 2 saturated heterocycles. The van der Waals surface area contributed by atoms with Crippen molar-refractivity contribution in [2.75, 3.05) is 66.0 Å². The molecule has 10 rings (SSSR count). The van der Waals surface area contributed by atoms with E-state index in [0.717, 1.165) is 33.2 Å². The fourth-order valence-electron chi connectivity index (χ4n) is 14.4. The lowest BCUT2D eigenvalue weighted by Gasteiger charge is -2.63. The van der Waals surface area contributed by atoms with Crippen LogP contribution in [0.15, 0.2) is 66.7 Å². The van der Waals surface area contributed by atoms with Crippen molar-refractivity contribution in [3.05, 3.63) is 89.1 Å². The number of methoxy groups -OCH3 is 3. The molecule has 10 atom stereocenters. The van der Waals surface area contributed by atoms with Crippen LogP contribution in [0.4, 0.5) is 5.69 Å². The smallest absolute Gasteiger partial charge is 0.344 e. The van der Waals surface area contributed by atoms with Gasteiger partial charge >= 0.3 is 17.9 Å². The maximum Gasteiger partial charge on any atom is 0.344 e. The van der Waals surface area contributed by atoms with Gasteiger partial charge in [-0.25, -0.2) is 4.79 Å².